The van der Waals surface area contributed by atoms with Gasteiger partial charge < -0.3 is 20.5 Å². The molecule has 0 aromatic carbocycles. The van der Waals surface area contributed by atoms with Crippen LogP contribution in [-0.4, -0.2) is 45.5 Å². The van der Waals surface area contributed by atoms with E-state index in [0.29, 0.717) is 17.8 Å². The first-order valence-corrected chi connectivity index (χ1v) is 7.37. The molecule has 0 atom stereocenters. The minimum absolute atomic E-state index is 0.540. The first-order chi connectivity index (χ1) is 9.18. The molecule has 0 aromatic rings. The summed E-state index contributed by atoms with van der Waals surface area (Å²) in [6.45, 7) is 9.26. The molecule has 0 aromatic heterocycles. The fraction of sp³-hybridized carbons (Fsp3) is 0.929. The standard InChI is InChI=1S/C14H29N3O2/c1-12(2)10-17-14(15)16-6-3-7-19-11-13-4-8-18-9-5-13/h12-13H,3-11H2,1-2H3,(H3,15,16,17). The van der Waals surface area contributed by atoms with Crippen LogP contribution in [0.3, 0.4) is 0 Å². The van der Waals surface area contributed by atoms with Gasteiger partial charge in [-0.2, -0.15) is 0 Å². The molecule has 1 saturated heterocycles. The Bertz CT molecular complexity index is 251. The van der Waals surface area contributed by atoms with Crippen molar-refractivity contribution in [3.8, 4) is 0 Å². The zero-order valence-corrected chi connectivity index (χ0v) is 12.4. The lowest BCUT2D eigenvalue weighted by Crippen LogP contribution is -2.33. The Morgan fingerprint density at radius 2 is 2.16 bits per heavy atom. The topological polar surface area (TPSA) is 68.9 Å². The van der Waals surface area contributed by atoms with Crippen molar-refractivity contribution >= 4 is 5.96 Å². The number of nitrogens with one attached hydrogen (secondary N) is 1. The minimum Gasteiger partial charge on any atom is -0.381 e. The van der Waals surface area contributed by atoms with Gasteiger partial charge >= 0.3 is 0 Å². The normalized spacial score (nSPS) is 17.9. The van der Waals surface area contributed by atoms with E-state index in [4.69, 9.17) is 15.2 Å². The second-order valence-electron chi connectivity index (χ2n) is 5.53. The average Bonchev–Trinajstić information content (AvgIpc) is 2.41. The highest BCUT2D eigenvalue weighted by molar-refractivity contribution is 5.77. The lowest BCUT2D eigenvalue weighted by Gasteiger charge is -2.21. The van der Waals surface area contributed by atoms with Crippen LogP contribution in [0, 0.1) is 11.8 Å². The van der Waals surface area contributed by atoms with Crippen molar-refractivity contribution in [2.75, 3.05) is 39.5 Å². The van der Waals surface area contributed by atoms with E-state index >= 15 is 0 Å². The first kappa shape index (κ1) is 16.2. The summed E-state index contributed by atoms with van der Waals surface area (Å²) in [6, 6.07) is 0. The number of rotatable bonds is 8. The second-order valence-corrected chi connectivity index (χ2v) is 5.53. The molecule has 3 N–H and O–H groups in total. The number of guanidine groups is 1. The Morgan fingerprint density at radius 3 is 2.84 bits per heavy atom. The molecule has 0 spiro atoms. The molecule has 0 aliphatic carbocycles. The summed E-state index contributed by atoms with van der Waals surface area (Å²) in [7, 11) is 0. The van der Waals surface area contributed by atoms with Gasteiger partial charge in [-0.05, 0) is 31.1 Å². The highest BCUT2D eigenvalue weighted by atomic mass is 16.5. The Balaban J connectivity index is 1.91. The van der Waals surface area contributed by atoms with E-state index in [9.17, 15) is 0 Å². The quantitative estimate of drug-likeness (QED) is 0.397. The summed E-state index contributed by atoms with van der Waals surface area (Å²) in [6.07, 6.45) is 3.22. The summed E-state index contributed by atoms with van der Waals surface area (Å²) < 4.78 is 11.0. The van der Waals surface area contributed by atoms with Crippen LogP contribution in [0.1, 0.15) is 33.1 Å². The molecule has 19 heavy (non-hydrogen) atoms. The minimum atomic E-state index is 0.540. The van der Waals surface area contributed by atoms with Gasteiger partial charge in [-0.1, -0.05) is 13.8 Å². The smallest absolute Gasteiger partial charge is 0.188 e. The van der Waals surface area contributed by atoms with Crippen LogP contribution in [0.15, 0.2) is 4.99 Å². The summed E-state index contributed by atoms with van der Waals surface area (Å²) >= 11 is 0. The fourth-order valence-corrected chi connectivity index (χ4v) is 1.89. The van der Waals surface area contributed by atoms with Gasteiger partial charge in [0.2, 0.25) is 0 Å². The summed E-state index contributed by atoms with van der Waals surface area (Å²) in [5.41, 5.74) is 5.74. The number of nitrogens with zero attached hydrogens (tertiary/aromatic N) is 1. The van der Waals surface area contributed by atoms with Gasteiger partial charge in [0.1, 0.15) is 0 Å². The van der Waals surface area contributed by atoms with Gasteiger partial charge in [0.15, 0.2) is 5.96 Å². The van der Waals surface area contributed by atoms with E-state index in [1.54, 1.807) is 0 Å². The molecule has 0 bridgehead atoms. The Morgan fingerprint density at radius 1 is 1.42 bits per heavy atom. The molecule has 0 saturated carbocycles. The molecule has 5 heteroatoms. The van der Waals surface area contributed by atoms with Crippen molar-refractivity contribution in [3.63, 3.8) is 0 Å². The molecule has 1 fully saturated rings. The fourth-order valence-electron chi connectivity index (χ4n) is 1.89. The van der Waals surface area contributed by atoms with E-state index in [-0.39, 0.29) is 0 Å². The van der Waals surface area contributed by atoms with Crippen molar-refractivity contribution < 1.29 is 9.47 Å². The third-order valence-corrected chi connectivity index (χ3v) is 3.09. The number of hydrogen-bond donors (Lipinski definition) is 2. The molecule has 0 unspecified atom stereocenters. The van der Waals surface area contributed by atoms with Gasteiger partial charge in [0, 0.05) is 39.5 Å². The number of nitrogens with two attached hydrogens (primary N) is 1. The van der Waals surface area contributed by atoms with Crippen molar-refractivity contribution in [2.24, 2.45) is 22.6 Å². The molecule has 1 aliphatic heterocycles. The largest absolute Gasteiger partial charge is 0.381 e. The molecular formula is C14H29N3O2. The van der Waals surface area contributed by atoms with Crippen LogP contribution in [0.4, 0.5) is 0 Å². The molecule has 0 radical (unpaired) electrons. The Kier molecular flexibility index (Phi) is 8.58. The summed E-state index contributed by atoms with van der Waals surface area (Å²) in [5, 5.41) is 3.10. The van der Waals surface area contributed by atoms with Crippen molar-refractivity contribution in [1.29, 1.82) is 0 Å². The van der Waals surface area contributed by atoms with Gasteiger partial charge in [0.25, 0.3) is 0 Å². The maximum absolute atomic E-state index is 5.74. The molecule has 112 valence electrons. The maximum Gasteiger partial charge on any atom is 0.188 e. The Labute approximate surface area is 116 Å². The van der Waals surface area contributed by atoms with E-state index in [1.807, 2.05) is 0 Å². The van der Waals surface area contributed by atoms with E-state index in [0.717, 1.165) is 58.8 Å². The Hall–Kier alpha value is -0.810. The first-order valence-electron chi connectivity index (χ1n) is 7.37. The van der Waals surface area contributed by atoms with E-state index in [1.165, 1.54) is 0 Å². The number of ether oxygens (including phenoxy) is 2. The highest BCUT2D eigenvalue weighted by Crippen LogP contribution is 2.14. The van der Waals surface area contributed by atoms with Crippen molar-refractivity contribution in [1.82, 2.24) is 5.32 Å². The molecular weight excluding hydrogens is 242 g/mol. The zero-order chi connectivity index (χ0) is 13.9. The average molecular weight is 271 g/mol. The third-order valence-electron chi connectivity index (χ3n) is 3.09. The summed E-state index contributed by atoms with van der Waals surface area (Å²) in [4.78, 5) is 4.24. The molecule has 1 aliphatic rings. The highest BCUT2D eigenvalue weighted by Gasteiger charge is 2.13. The summed E-state index contributed by atoms with van der Waals surface area (Å²) in [5.74, 6) is 1.76. The van der Waals surface area contributed by atoms with Gasteiger partial charge in [-0.3, -0.25) is 4.99 Å². The predicted octanol–water partition coefficient (Wildman–Crippen LogP) is 1.38. The van der Waals surface area contributed by atoms with Crippen LogP contribution < -0.4 is 11.1 Å². The van der Waals surface area contributed by atoms with E-state index in [2.05, 4.69) is 24.2 Å². The van der Waals surface area contributed by atoms with Crippen LogP contribution >= 0.6 is 0 Å². The van der Waals surface area contributed by atoms with Crippen molar-refractivity contribution in [3.05, 3.63) is 0 Å². The number of aliphatic imine (C=N–C) groups is 1. The maximum atomic E-state index is 5.74. The zero-order valence-electron chi connectivity index (χ0n) is 12.4. The van der Waals surface area contributed by atoms with Gasteiger partial charge in [-0.15, -0.1) is 0 Å². The van der Waals surface area contributed by atoms with Crippen LogP contribution in [0.2, 0.25) is 0 Å². The lowest BCUT2D eigenvalue weighted by molar-refractivity contribution is 0.0203. The third kappa shape index (κ3) is 8.83. The van der Waals surface area contributed by atoms with Gasteiger partial charge in [-0.25, -0.2) is 0 Å². The lowest BCUT2D eigenvalue weighted by atomic mass is 10.0. The van der Waals surface area contributed by atoms with E-state index < -0.39 is 0 Å². The van der Waals surface area contributed by atoms with Crippen LogP contribution in [-0.2, 0) is 9.47 Å². The second kappa shape index (κ2) is 10.0. The van der Waals surface area contributed by atoms with Crippen LogP contribution in [0.5, 0.6) is 0 Å². The number of hydrogen-bond acceptors (Lipinski definition) is 3. The van der Waals surface area contributed by atoms with Gasteiger partial charge in [0.05, 0.1) is 0 Å². The molecule has 1 heterocycles. The SMILES string of the molecule is CC(C)CN=C(N)NCCCOCC1CCOCC1. The monoisotopic (exact) mass is 271 g/mol. The molecule has 0 amide bonds. The molecule has 1 rings (SSSR count). The molecule has 5 nitrogen and oxygen atoms in total. The van der Waals surface area contributed by atoms with Crippen LogP contribution in [0.25, 0.3) is 0 Å². The predicted molar refractivity (Wildman–Crippen MR) is 78.3 cm³/mol. The van der Waals surface area contributed by atoms with Crippen molar-refractivity contribution in [2.45, 2.75) is 33.1 Å².